The van der Waals surface area contributed by atoms with Crippen LogP contribution in [0.1, 0.15) is 20.8 Å². The molecule has 178 valence electrons. The van der Waals surface area contributed by atoms with Crippen LogP contribution in [0.5, 0.6) is 0 Å². The van der Waals surface area contributed by atoms with Crippen LogP contribution < -0.4 is 14.7 Å². The first kappa shape index (κ1) is 23.3. The van der Waals surface area contributed by atoms with Crippen LogP contribution in [-0.2, 0) is 14.8 Å². The molecule has 2 aliphatic heterocycles. The van der Waals surface area contributed by atoms with E-state index >= 15 is 0 Å². The topological polar surface area (TPSA) is 86.3 Å². The maximum absolute atomic E-state index is 12.7. The fourth-order valence-corrected chi connectivity index (χ4v) is 4.94. The normalized spacial score (nSPS) is 17.6. The first-order chi connectivity index (χ1) is 15.5. The zero-order valence-electron chi connectivity index (χ0n) is 19.6. The van der Waals surface area contributed by atoms with Crippen molar-refractivity contribution >= 4 is 39.0 Å². The number of amides is 1. The van der Waals surface area contributed by atoms with Crippen LogP contribution in [0.25, 0.3) is 0 Å². The lowest BCUT2D eigenvalue weighted by Gasteiger charge is -2.38. The first-order valence-corrected chi connectivity index (χ1v) is 12.9. The zero-order valence-corrected chi connectivity index (χ0v) is 20.4. The van der Waals surface area contributed by atoms with Gasteiger partial charge in [0.25, 0.3) is 0 Å². The standard InChI is InChI=1S/C23H31N5O4S/c1-23(2,3)32-22(29)28-16-15-27(19-7-5-6-8-20(19)28)21-10-9-18(17-24-21)25-11-13-26(14-12-25)33(4,30)31/h5-10,17H,11-16H2,1-4H3. The second kappa shape index (κ2) is 8.83. The number of ether oxygens (including phenoxy) is 1. The maximum Gasteiger partial charge on any atom is 0.414 e. The molecule has 0 aliphatic carbocycles. The lowest BCUT2D eigenvalue weighted by atomic mass is 10.1. The molecule has 10 heteroatoms. The monoisotopic (exact) mass is 473 g/mol. The molecule has 0 bridgehead atoms. The van der Waals surface area contributed by atoms with Crippen molar-refractivity contribution in [3.8, 4) is 0 Å². The van der Waals surface area contributed by atoms with E-state index in [1.54, 1.807) is 4.90 Å². The minimum atomic E-state index is -3.15. The van der Waals surface area contributed by atoms with Gasteiger partial charge in [0, 0.05) is 39.3 Å². The molecular weight excluding hydrogens is 442 g/mol. The molecule has 33 heavy (non-hydrogen) atoms. The van der Waals surface area contributed by atoms with Gasteiger partial charge in [0.2, 0.25) is 10.0 Å². The molecule has 1 amide bonds. The summed E-state index contributed by atoms with van der Waals surface area (Å²) in [5, 5.41) is 0. The first-order valence-electron chi connectivity index (χ1n) is 11.1. The lowest BCUT2D eigenvalue weighted by molar-refractivity contribution is 0.0580. The number of nitrogens with zero attached hydrogens (tertiary/aromatic N) is 5. The smallest absolute Gasteiger partial charge is 0.414 e. The zero-order chi connectivity index (χ0) is 23.8. The van der Waals surface area contributed by atoms with Crippen molar-refractivity contribution in [1.82, 2.24) is 9.29 Å². The Hall–Kier alpha value is -2.85. The number of hydrogen-bond donors (Lipinski definition) is 0. The highest BCUT2D eigenvalue weighted by Crippen LogP contribution is 2.37. The number of aromatic nitrogens is 1. The number of carbonyl (C=O) groups is 1. The lowest BCUT2D eigenvalue weighted by Crippen LogP contribution is -2.48. The third-order valence-corrected chi connectivity index (χ3v) is 7.01. The number of benzene rings is 1. The highest BCUT2D eigenvalue weighted by atomic mass is 32.2. The molecule has 1 fully saturated rings. The van der Waals surface area contributed by atoms with E-state index in [2.05, 4.69) is 9.80 Å². The Morgan fingerprint density at radius 1 is 0.939 bits per heavy atom. The number of piperazine rings is 1. The van der Waals surface area contributed by atoms with Gasteiger partial charge in [-0.2, -0.15) is 4.31 Å². The molecular formula is C23H31N5O4S. The van der Waals surface area contributed by atoms with Crippen molar-refractivity contribution in [2.75, 3.05) is 60.2 Å². The number of carbonyl (C=O) groups excluding carboxylic acids is 1. The molecule has 0 atom stereocenters. The summed E-state index contributed by atoms with van der Waals surface area (Å²) in [6, 6.07) is 11.7. The number of fused-ring (bicyclic) bond motifs is 1. The largest absolute Gasteiger partial charge is 0.443 e. The fourth-order valence-electron chi connectivity index (χ4n) is 4.11. The van der Waals surface area contributed by atoms with Crippen LogP contribution in [0.4, 0.5) is 27.7 Å². The summed E-state index contributed by atoms with van der Waals surface area (Å²) in [4.78, 5) is 23.4. The molecule has 0 radical (unpaired) electrons. The highest BCUT2D eigenvalue weighted by Gasteiger charge is 2.31. The molecule has 2 aromatic rings. The molecule has 1 saturated heterocycles. The van der Waals surface area contributed by atoms with Crippen molar-refractivity contribution in [2.45, 2.75) is 26.4 Å². The van der Waals surface area contributed by atoms with Crippen LogP contribution >= 0.6 is 0 Å². The molecule has 4 rings (SSSR count). The Bertz CT molecular complexity index is 1110. The average Bonchev–Trinajstić information content (AvgIpc) is 2.77. The number of rotatable bonds is 3. The van der Waals surface area contributed by atoms with Crippen LogP contribution in [-0.4, -0.2) is 74.9 Å². The van der Waals surface area contributed by atoms with E-state index in [-0.39, 0.29) is 6.09 Å². The van der Waals surface area contributed by atoms with E-state index in [0.29, 0.717) is 39.3 Å². The van der Waals surface area contributed by atoms with E-state index < -0.39 is 15.6 Å². The third-order valence-electron chi connectivity index (χ3n) is 5.71. The van der Waals surface area contributed by atoms with Crippen molar-refractivity contribution in [1.29, 1.82) is 0 Å². The molecule has 9 nitrogen and oxygen atoms in total. The Morgan fingerprint density at radius 2 is 1.61 bits per heavy atom. The van der Waals surface area contributed by atoms with Gasteiger partial charge in [-0.15, -0.1) is 0 Å². The summed E-state index contributed by atoms with van der Waals surface area (Å²) in [6.45, 7) is 8.87. The number of sulfonamides is 1. The summed E-state index contributed by atoms with van der Waals surface area (Å²) in [7, 11) is -3.15. The van der Waals surface area contributed by atoms with Gasteiger partial charge in [0.05, 0.1) is 29.5 Å². The summed E-state index contributed by atoms with van der Waals surface area (Å²) >= 11 is 0. The van der Waals surface area contributed by atoms with Gasteiger partial charge in [0.1, 0.15) is 11.4 Å². The second-order valence-corrected chi connectivity index (χ2v) is 11.3. The summed E-state index contributed by atoms with van der Waals surface area (Å²) in [5.41, 5.74) is 2.10. The van der Waals surface area contributed by atoms with E-state index in [1.807, 2.05) is 63.4 Å². The van der Waals surface area contributed by atoms with Crippen molar-refractivity contribution in [3.63, 3.8) is 0 Å². The summed E-state index contributed by atoms with van der Waals surface area (Å²) < 4.78 is 30.6. The van der Waals surface area contributed by atoms with Gasteiger partial charge in [0.15, 0.2) is 0 Å². The summed E-state index contributed by atoms with van der Waals surface area (Å²) in [5.74, 6) is 0.796. The van der Waals surface area contributed by atoms with Crippen LogP contribution in [0, 0.1) is 0 Å². The number of anilines is 4. The second-order valence-electron chi connectivity index (χ2n) is 9.30. The van der Waals surface area contributed by atoms with E-state index in [0.717, 1.165) is 22.9 Å². The minimum absolute atomic E-state index is 0.355. The molecule has 0 saturated carbocycles. The maximum atomic E-state index is 12.7. The number of para-hydroxylation sites is 2. The fraction of sp³-hybridized carbons (Fsp3) is 0.478. The Labute approximate surface area is 195 Å². The summed E-state index contributed by atoms with van der Waals surface area (Å²) in [6.07, 6.45) is 2.72. The van der Waals surface area contributed by atoms with Crippen molar-refractivity contribution in [2.24, 2.45) is 0 Å². The van der Waals surface area contributed by atoms with Crippen molar-refractivity contribution in [3.05, 3.63) is 42.6 Å². The molecule has 1 aromatic heterocycles. The average molecular weight is 474 g/mol. The quantitative estimate of drug-likeness (QED) is 0.677. The van der Waals surface area contributed by atoms with E-state index in [4.69, 9.17) is 9.72 Å². The Morgan fingerprint density at radius 3 is 2.18 bits per heavy atom. The minimum Gasteiger partial charge on any atom is -0.443 e. The molecule has 0 spiro atoms. The molecule has 1 aromatic carbocycles. The molecule has 0 N–H and O–H groups in total. The van der Waals surface area contributed by atoms with Gasteiger partial charge < -0.3 is 14.5 Å². The predicted molar refractivity (Wildman–Crippen MR) is 130 cm³/mol. The Balaban J connectivity index is 1.50. The number of pyridine rings is 1. The van der Waals surface area contributed by atoms with E-state index in [1.165, 1.54) is 10.6 Å². The van der Waals surface area contributed by atoms with Crippen molar-refractivity contribution < 1.29 is 17.9 Å². The Kier molecular flexibility index (Phi) is 6.24. The highest BCUT2D eigenvalue weighted by molar-refractivity contribution is 7.88. The van der Waals surface area contributed by atoms with Gasteiger partial charge in [-0.3, -0.25) is 4.90 Å². The van der Waals surface area contributed by atoms with Crippen LogP contribution in [0.2, 0.25) is 0 Å². The number of hydrogen-bond acceptors (Lipinski definition) is 7. The van der Waals surface area contributed by atoms with E-state index in [9.17, 15) is 13.2 Å². The SMILES string of the molecule is CC(C)(C)OC(=O)N1CCN(c2ccc(N3CCN(S(C)(=O)=O)CC3)cn2)c2ccccc21. The van der Waals surface area contributed by atoms with Gasteiger partial charge in [-0.25, -0.2) is 18.2 Å². The van der Waals surface area contributed by atoms with Crippen LogP contribution in [0.3, 0.4) is 0 Å². The van der Waals surface area contributed by atoms with Gasteiger partial charge in [-0.05, 0) is 45.0 Å². The molecule has 2 aliphatic rings. The van der Waals surface area contributed by atoms with Gasteiger partial charge in [-0.1, -0.05) is 12.1 Å². The van der Waals surface area contributed by atoms with Crippen LogP contribution in [0.15, 0.2) is 42.6 Å². The van der Waals surface area contributed by atoms with Gasteiger partial charge >= 0.3 is 6.09 Å². The molecule has 0 unspecified atom stereocenters. The predicted octanol–water partition coefficient (Wildman–Crippen LogP) is 3.06. The molecule has 3 heterocycles. The third kappa shape index (κ3) is 5.22.